The maximum atomic E-state index is 13.7. The minimum atomic E-state index is -3.86. The minimum Gasteiger partial charge on any atom is -0.384 e. The molecule has 4 rings (SSSR count). The molecular formula is C28H39FN6O4S. The molecule has 1 N–H and O–H groups in total. The summed E-state index contributed by atoms with van der Waals surface area (Å²) >= 11 is 0. The van der Waals surface area contributed by atoms with Gasteiger partial charge < -0.3 is 14.5 Å². The Hall–Kier alpha value is -3.09. The number of hydrogen-bond donors (Lipinski definition) is 1. The summed E-state index contributed by atoms with van der Waals surface area (Å²) in [5, 5.41) is 5.65. The quantitative estimate of drug-likeness (QED) is 0.370. The van der Waals surface area contributed by atoms with Crippen molar-refractivity contribution in [2.24, 2.45) is 5.92 Å². The first-order valence-electron chi connectivity index (χ1n) is 13.6. The lowest BCUT2D eigenvalue weighted by Gasteiger charge is -2.34. The Morgan fingerprint density at radius 2 is 1.88 bits per heavy atom. The normalized spacial score (nSPS) is 14.9. The summed E-state index contributed by atoms with van der Waals surface area (Å²) < 4.78 is 48.3. The van der Waals surface area contributed by atoms with Gasteiger partial charge in [-0.05, 0) is 82.1 Å². The lowest BCUT2D eigenvalue weighted by atomic mass is 9.96. The zero-order chi connectivity index (χ0) is 29.0. The van der Waals surface area contributed by atoms with Gasteiger partial charge in [0.05, 0.1) is 28.2 Å². The molecule has 3 aromatic rings. The molecule has 0 radical (unpaired) electrons. The predicted octanol–water partition coefficient (Wildman–Crippen LogP) is 3.56. The van der Waals surface area contributed by atoms with E-state index in [-0.39, 0.29) is 23.2 Å². The summed E-state index contributed by atoms with van der Waals surface area (Å²) in [6.07, 6.45) is 2.23. The highest BCUT2D eigenvalue weighted by molar-refractivity contribution is 7.90. The number of methoxy groups -OCH3 is 1. The molecule has 3 heterocycles. The lowest BCUT2D eigenvalue weighted by molar-refractivity contribution is 0.0977. The molecule has 0 spiro atoms. The van der Waals surface area contributed by atoms with Gasteiger partial charge in [0.15, 0.2) is 5.65 Å². The van der Waals surface area contributed by atoms with Crippen molar-refractivity contribution >= 4 is 32.7 Å². The molecule has 0 bridgehead atoms. The Morgan fingerprint density at radius 3 is 2.48 bits per heavy atom. The summed E-state index contributed by atoms with van der Waals surface area (Å²) in [5.41, 5.74) is 2.57. The van der Waals surface area contributed by atoms with Crippen LogP contribution in [0.1, 0.15) is 55.2 Å². The summed E-state index contributed by atoms with van der Waals surface area (Å²) in [5.74, 6) is -0.867. The van der Waals surface area contributed by atoms with Crippen LogP contribution in [0, 0.1) is 11.7 Å². The van der Waals surface area contributed by atoms with Crippen LogP contribution in [0.5, 0.6) is 0 Å². The van der Waals surface area contributed by atoms with E-state index >= 15 is 0 Å². The van der Waals surface area contributed by atoms with Crippen LogP contribution in [0.2, 0.25) is 0 Å². The molecule has 0 atom stereocenters. The maximum Gasteiger partial charge on any atom is 0.283 e. The number of carbonyl (C=O) groups is 1. The average Bonchev–Trinajstić information content (AvgIpc) is 3.29. The fourth-order valence-electron chi connectivity index (χ4n) is 5.05. The molecule has 0 aliphatic carbocycles. The molecule has 0 unspecified atom stereocenters. The van der Waals surface area contributed by atoms with Gasteiger partial charge in [-0.25, -0.2) is 27.2 Å². The molecule has 1 fully saturated rings. The number of nitrogens with one attached hydrogen (secondary N) is 1. The molecule has 218 valence electrons. The maximum absolute atomic E-state index is 13.7. The number of hydrogen-bond acceptors (Lipinski definition) is 8. The molecule has 1 aromatic carbocycles. The van der Waals surface area contributed by atoms with Crippen molar-refractivity contribution in [2.45, 2.75) is 39.0 Å². The van der Waals surface area contributed by atoms with Crippen molar-refractivity contribution in [3.05, 3.63) is 47.5 Å². The second-order valence-corrected chi connectivity index (χ2v) is 12.8. The second kappa shape index (κ2) is 12.6. The number of pyridine rings is 1. The fourth-order valence-corrected chi connectivity index (χ4v) is 6.04. The smallest absolute Gasteiger partial charge is 0.283 e. The Kier molecular flexibility index (Phi) is 9.42. The Balaban J connectivity index is 1.80. The number of amides is 1. The zero-order valence-electron chi connectivity index (χ0n) is 23.9. The molecule has 2 aromatic heterocycles. The van der Waals surface area contributed by atoms with Crippen molar-refractivity contribution in [3.63, 3.8) is 0 Å². The first-order valence-corrected chi connectivity index (χ1v) is 15.3. The van der Waals surface area contributed by atoms with Gasteiger partial charge in [-0.1, -0.05) is 13.8 Å². The van der Waals surface area contributed by atoms with Gasteiger partial charge in [0.2, 0.25) is 10.0 Å². The van der Waals surface area contributed by atoms with Gasteiger partial charge in [-0.2, -0.15) is 5.10 Å². The van der Waals surface area contributed by atoms with E-state index in [4.69, 9.17) is 9.84 Å². The summed E-state index contributed by atoms with van der Waals surface area (Å²) in [7, 11) is 1.56. The van der Waals surface area contributed by atoms with Crippen molar-refractivity contribution in [2.75, 3.05) is 58.1 Å². The van der Waals surface area contributed by atoms with Crippen LogP contribution >= 0.6 is 0 Å². The van der Waals surface area contributed by atoms with E-state index < -0.39 is 15.9 Å². The molecule has 1 saturated heterocycles. The molecular weight excluding hydrogens is 535 g/mol. The molecule has 1 aliphatic heterocycles. The average molecular weight is 575 g/mol. The van der Waals surface area contributed by atoms with E-state index in [9.17, 15) is 17.6 Å². The third-order valence-electron chi connectivity index (χ3n) is 7.12. The molecule has 12 heteroatoms. The Morgan fingerprint density at radius 1 is 1.20 bits per heavy atom. The van der Waals surface area contributed by atoms with E-state index in [0.29, 0.717) is 36.8 Å². The van der Waals surface area contributed by atoms with E-state index in [2.05, 4.69) is 14.6 Å². The van der Waals surface area contributed by atoms with E-state index in [1.165, 1.54) is 12.1 Å². The summed E-state index contributed by atoms with van der Waals surface area (Å²) in [6, 6.07) is 7.57. The number of piperidine rings is 1. The van der Waals surface area contributed by atoms with Gasteiger partial charge in [-0.15, -0.1) is 0 Å². The Labute approximate surface area is 235 Å². The first-order chi connectivity index (χ1) is 19.0. The fraction of sp³-hybridized carbons (Fsp3) is 0.536. The van der Waals surface area contributed by atoms with Crippen LogP contribution in [0.4, 0.5) is 10.1 Å². The molecule has 0 saturated carbocycles. The number of fused-ring (bicyclic) bond motifs is 1. The van der Waals surface area contributed by atoms with Gasteiger partial charge in [0.25, 0.3) is 5.91 Å². The van der Waals surface area contributed by atoms with Crippen molar-refractivity contribution in [1.29, 1.82) is 0 Å². The van der Waals surface area contributed by atoms with Crippen molar-refractivity contribution in [3.8, 4) is 5.69 Å². The SMILES string of the molecule is COCC1CCN(c2cc(C(=O)NS(=O)(=O)CCCN(C)C)nc3c2c(C(C)C)nn3-c2ccc(F)cc2)CC1. The van der Waals surface area contributed by atoms with Gasteiger partial charge in [0.1, 0.15) is 11.5 Å². The van der Waals surface area contributed by atoms with Crippen molar-refractivity contribution < 1.29 is 22.3 Å². The van der Waals surface area contributed by atoms with Gasteiger partial charge in [-0.3, -0.25) is 4.79 Å². The first kappa shape index (κ1) is 29.9. The predicted molar refractivity (Wildman–Crippen MR) is 154 cm³/mol. The molecule has 1 aliphatic rings. The van der Waals surface area contributed by atoms with Crippen LogP contribution in [0.15, 0.2) is 30.3 Å². The van der Waals surface area contributed by atoms with Gasteiger partial charge in [0, 0.05) is 26.8 Å². The van der Waals surface area contributed by atoms with Crippen LogP contribution in [-0.4, -0.2) is 87.2 Å². The van der Waals surface area contributed by atoms with E-state index in [1.807, 2.05) is 32.8 Å². The van der Waals surface area contributed by atoms with Crippen LogP contribution < -0.4 is 9.62 Å². The number of rotatable bonds is 11. The lowest BCUT2D eigenvalue weighted by Crippen LogP contribution is -2.36. The van der Waals surface area contributed by atoms with Crippen LogP contribution in [0.3, 0.4) is 0 Å². The molecule has 10 nitrogen and oxygen atoms in total. The molecule has 1 amide bonds. The van der Waals surface area contributed by atoms with E-state index in [1.54, 1.807) is 30.0 Å². The largest absolute Gasteiger partial charge is 0.384 e. The number of carbonyl (C=O) groups excluding carboxylic acids is 1. The zero-order valence-corrected chi connectivity index (χ0v) is 24.7. The number of ether oxygens (including phenoxy) is 1. The topological polar surface area (TPSA) is 110 Å². The van der Waals surface area contributed by atoms with E-state index in [0.717, 1.165) is 42.7 Å². The highest BCUT2D eigenvalue weighted by Gasteiger charge is 2.28. The third kappa shape index (κ3) is 6.97. The summed E-state index contributed by atoms with van der Waals surface area (Å²) in [4.78, 5) is 22.1. The monoisotopic (exact) mass is 574 g/mol. The Bertz CT molecular complexity index is 1430. The number of sulfonamides is 1. The minimum absolute atomic E-state index is 0.0173. The highest BCUT2D eigenvalue weighted by Crippen LogP contribution is 2.36. The number of halogens is 1. The molecule has 40 heavy (non-hydrogen) atoms. The van der Waals surface area contributed by atoms with Crippen LogP contribution in [-0.2, 0) is 14.8 Å². The van der Waals surface area contributed by atoms with Crippen molar-refractivity contribution in [1.82, 2.24) is 24.4 Å². The summed E-state index contributed by atoms with van der Waals surface area (Å²) in [6.45, 7) is 6.83. The van der Waals surface area contributed by atoms with Crippen LogP contribution in [0.25, 0.3) is 16.7 Å². The third-order valence-corrected chi connectivity index (χ3v) is 8.44. The highest BCUT2D eigenvalue weighted by atomic mass is 32.2. The standard InChI is InChI=1S/C28H39FN6O4S/c1-19(2)26-25-24(34-14-11-20(12-15-34)18-39-5)17-23(28(36)32-40(37,38)16-6-13-33(3)4)30-27(25)35(31-26)22-9-7-21(29)8-10-22/h7-10,17,19-20H,6,11-16,18H2,1-5H3,(H,32,36). The second-order valence-electron chi connectivity index (χ2n) is 10.9. The number of benzene rings is 1. The van der Waals surface area contributed by atoms with Gasteiger partial charge >= 0.3 is 0 Å². The number of aromatic nitrogens is 3. The number of nitrogens with zero attached hydrogens (tertiary/aromatic N) is 5. The number of anilines is 1.